The van der Waals surface area contributed by atoms with Crippen LogP contribution in [0.25, 0.3) is 16.6 Å². The number of hydrogen-bond acceptors (Lipinski definition) is 8. The van der Waals surface area contributed by atoms with Crippen molar-refractivity contribution in [1.82, 2.24) is 8.75 Å². The van der Waals surface area contributed by atoms with Gasteiger partial charge in [0.05, 0.1) is 23.4 Å². The van der Waals surface area contributed by atoms with Crippen molar-refractivity contribution in [3.05, 3.63) is 59.2 Å². The van der Waals surface area contributed by atoms with Crippen LogP contribution in [0.1, 0.15) is 95.6 Å². The molecule has 41 heavy (non-hydrogen) atoms. The third-order valence-corrected chi connectivity index (χ3v) is 8.93. The van der Waals surface area contributed by atoms with Crippen LogP contribution in [0.2, 0.25) is 0 Å². The maximum absolute atomic E-state index is 13.2. The number of carbonyl (C=O) groups is 2. The second-order valence-corrected chi connectivity index (χ2v) is 12.3. The molecule has 0 bridgehead atoms. The molecule has 0 radical (unpaired) electrons. The van der Waals surface area contributed by atoms with Crippen LogP contribution >= 0.6 is 11.7 Å². The number of ether oxygens (including phenoxy) is 2. The molecule has 3 aliphatic rings. The topological polar surface area (TPSA) is 98.6 Å². The number of aldehydes is 1. The van der Waals surface area contributed by atoms with Crippen LogP contribution in [-0.2, 0) is 20.1 Å². The second kappa shape index (κ2) is 13.3. The van der Waals surface area contributed by atoms with Crippen molar-refractivity contribution in [3.8, 4) is 5.75 Å². The molecule has 8 heteroatoms. The highest BCUT2D eigenvalue weighted by molar-refractivity contribution is 7.00. The van der Waals surface area contributed by atoms with Gasteiger partial charge in [-0.3, -0.25) is 0 Å². The van der Waals surface area contributed by atoms with Crippen LogP contribution in [0.5, 0.6) is 5.75 Å². The third kappa shape index (κ3) is 6.87. The number of aromatic nitrogens is 2. The smallest absolute Gasteiger partial charge is 0.341 e. The minimum atomic E-state index is -1.80. The molecule has 1 aromatic heterocycles. The minimum Gasteiger partial charge on any atom is -0.491 e. The van der Waals surface area contributed by atoms with Crippen molar-refractivity contribution in [2.24, 2.45) is 11.8 Å². The summed E-state index contributed by atoms with van der Waals surface area (Å²) >= 11 is 1.14. The molecule has 1 N–H and O–H groups in total. The molecule has 2 fully saturated rings. The Morgan fingerprint density at radius 3 is 2.27 bits per heavy atom. The van der Waals surface area contributed by atoms with Crippen molar-refractivity contribution in [2.45, 2.75) is 96.4 Å². The molecule has 1 atom stereocenters. The van der Waals surface area contributed by atoms with E-state index < -0.39 is 11.8 Å². The van der Waals surface area contributed by atoms with Crippen molar-refractivity contribution in [2.75, 3.05) is 0 Å². The highest BCUT2D eigenvalue weighted by Gasteiger charge is 2.48. The maximum Gasteiger partial charge on any atom is 0.341 e. The van der Waals surface area contributed by atoms with E-state index in [2.05, 4.69) is 8.75 Å². The average molecular weight is 577 g/mol. The van der Waals surface area contributed by atoms with Crippen LogP contribution < -0.4 is 4.74 Å². The van der Waals surface area contributed by atoms with E-state index in [1.807, 2.05) is 44.2 Å². The number of carbonyl (C=O) groups excluding carboxylic acids is 2. The van der Waals surface area contributed by atoms with Crippen molar-refractivity contribution < 1.29 is 24.2 Å². The first-order chi connectivity index (χ1) is 19.9. The van der Waals surface area contributed by atoms with Gasteiger partial charge in [-0.05, 0) is 81.0 Å². The summed E-state index contributed by atoms with van der Waals surface area (Å²) < 4.78 is 20.1. The van der Waals surface area contributed by atoms with Crippen molar-refractivity contribution in [3.63, 3.8) is 0 Å². The van der Waals surface area contributed by atoms with Gasteiger partial charge in [0.15, 0.2) is 0 Å². The third-order valence-electron chi connectivity index (χ3n) is 8.37. The Balaban J connectivity index is 0.000000365. The lowest BCUT2D eigenvalue weighted by Gasteiger charge is -2.29. The largest absolute Gasteiger partial charge is 0.491 e. The molecule has 2 heterocycles. The Labute approximate surface area is 246 Å². The molecule has 1 unspecified atom stereocenters. The number of nitrogens with zero attached hydrogens (tertiary/aromatic N) is 2. The summed E-state index contributed by atoms with van der Waals surface area (Å²) in [6, 6.07) is 12.8. The fourth-order valence-electron chi connectivity index (χ4n) is 6.22. The second-order valence-electron chi connectivity index (χ2n) is 11.8. The molecule has 218 valence electrons. The number of esters is 1. The molecule has 6 rings (SSSR count). The van der Waals surface area contributed by atoms with E-state index in [1.165, 1.54) is 38.5 Å². The molecule has 0 saturated heterocycles. The van der Waals surface area contributed by atoms with Crippen LogP contribution in [-0.4, -0.2) is 32.2 Å². The van der Waals surface area contributed by atoms with Gasteiger partial charge in [-0.1, -0.05) is 57.4 Å². The average Bonchev–Trinajstić information content (AvgIpc) is 3.56. The van der Waals surface area contributed by atoms with Crippen molar-refractivity contribution >= 4 is 40.6 Å². The van der Waals surface area contributed by atoms with E-state index in [9.17, 15) is 14.7 Å². The van der Waals surface area contributed by atoms with E-state index >= 15 is 0 Å². The predicted molar refractivity (Wildman–Crippen MR) is 160 cm³/mol. The summed E-state index contributed by atoms with van der Waals surface area (Å²) in [6.07, 6.45) is 13.7. The van der Waals surface area contributed by atoms with Crippen molar-refractivity contribution in [1.29, 1.82) is 0 Å². The molecule has 2 aliphatic carbocycles. The standard InChI is InChI=1S/C26H28N2O4S.C7H12O/c1-16(2)31-20-11-9-19(10-12-20)26(30)21(14-17-6-4-3-5-7-17)24(25(29)32-26)18-8-13-22-23(15-18)28-33-27-22;8-6-7-4-2-1-3-5-7/h8-13,15-17,30H,3-7,14H2,1-2H3;6-7H,1-5H2. The van der Waals surface area contributed by atoms with Gasteiger partial charge in [-0.25, -0.2) is 4.79 Å². The van der Waals surface area contributed by atoms with E-state index in [-0.39, 0.29) is 6.10 Å². The van der Waals surface area contributed by atoms with E-state index in [0.717, 1.165) is 54.7 Å². The lowest BCUT2D eigenvalue weighted by molar-refractivity contribution is -0.185. The maximum atomic E-state index is 13.2. The van der Waals surface area contributed by atoms with Gasteiger partial charge in [0.25, 0.3) is 5.79 Å². The number of rotatable bonds is 7. The zero-order chi connectivity index (χ0) is 28.8. The summed E-state index contributed by atoms with van der Waals surface area (Å²) in [5.41, 5.74) is 3.85. The molecular formula is C33H40N2O5S. The van der Waals surface area contributed by atoms with E-state index in [0.29, 0.717) is 46.3 Å². The summed E-state index contributed by atoms with van der Waals surface area (Å²) in [5.74, 6) is -0.772. The Morgan fingerprint density at radius 1 is 0.976 bits per heavy atom. The van der Waals surface area contributed by atoms with Gasteiger partial charge in [0.2, 0.25) is 0 Å². The fourth-order valence-corrected chi connectivity index (χ4v) is 6.74. The van der Waals surface area contributed by atoms with Crippen LogP contribution in [0.3, 0.4) is 0 Å². The van der Waals surface area contributed by atoms with Gasteiger partial charge < -0.3 is 19.4 Å². The van der Waals surface area contributed by atoms with Gasteiger partial charge in [-0.15, -0.1) is 0 Å². The Morgan fingerprint density at radius 2 is 1.63 bits per heavy atom. The number of aliphatic hydroxyl groups is 1. The Bertz CT molecular complexity index is 1370. The summed E-state index contributed by atoms with van der Waals surface area (Å²) in [6.45, 7) is 3.93. The van der Waals surface area contributed by atoms with Gasteiger partial charge in [0.1, 0.15) is 23.1 Å². The number of hydrogen-bond donors (Lipinski definition) is 1. The molecular weight excluding hydrogens is 536 g/mol. The zero-order valence-corrected chi connectivity index (χ0v) is 24.8. The molecule has 3 aromatic rings. The minimum absolute atomic E-state index is 0.0479. The Kier molecular flexibility index (Phi) is 9.50. The first-order valence-corrected chi connectivity index (χ1v) is 15.7. The number of benzene rings is 2. The highest BCUT2D eigenvalue weighted by Crippen LogP contribution is 2.47. The van der Waals surface area contributed by atoms with Gasteiger partial charge in [-0.2, -0.15) is 8.75 Å². The molecule has 0 amide bonds. The monoisotopic (exact) mass is 576 g/mol. The van der Waals surface area contributed by atoms with E-state index in [1.54, 1.807) is 12.1 Å². The summed E-state index contributed by atoms with van der Waals surface area (Å²) in [5, 5.41) is 11.8. The number of fused-ring (bicyclic) bond motifs is 1. The predicted octanol–water partition coefficient (Wildman–Crippen LogP) is 7.37. The first-order valence-electron chi connectivity index (χ1n) is 15.0. The zero-order valence-electron chi connectivity index (χ0n) is 24.0. The molecule has 0 spiro atoms. The molecule has 1 aliphatic heterocycles. The summed E-state index contributed by atoms with van der Waals surface area (Å²) in [4.78, 5) is 23.4. The van der Waals surface area contributed by atoms with Crippen LogP contribution in [0, 0.1) is 11.8 Å². The lowest BCUT2D eigenvalue weighted by atomic mass is 9.80. The molecule has 2 saturated carbocycles. The molecule has 7 nitrogen and oxygen atoms in total. The Hall–Kier alpha value is -3.10. The van der Waals surface area contributed by atoms with Gasteiger partial charge in [0, 0.05) is 17.1 Å². The normalized spacial score (nSPS) is 22.0. The molecule has 2 aromatic carbocycles. The highest BCUT2D eigenvalue weighted by atomic mass is 32.1. The van der Waals surface area contributed by atoms with E-state index in [4.69, 9.17) is 9.47 Å². The van der Waals surface area contributed by atoms with Gasteiger partial charge >= 0.3 is 5.97 Å². The van der Waals surface area contributed by atoms with Crippen LogP contribution in [0.15, 0.2) is 48.0 Å². The first kappa shape index (κ1) is 29.4. The summed E-state index contributed by atoms with van der Waals surface area (Å²) in [7, 11) is 0. The number of cyclic esters (lactones) is 1. The SMILES string of the molecule is CC(C)Oc1ccc(C2(O)OC(=O)C(c3ccc4nsnc4c3)=C2CC2CCCCC2)cc1.O=CC1CCCCC1. The van der Waals surface area contributed by atoms with Crippen LogP contribution in [0.4, 0.5) is 0 Å². The fraction of sp³-hybridized carbons (Fsp3) is 0.515. The lowest BCUT2D eigenvalue weighted by Crippen LogP contribution is -2.30. The quantitative estimate of drug-likeness (QED) is 0.232.